The average Bonchev–Trinajstić information content (AvgIpc) is 2.42. The van der Waals surface area contributed by atoms with Gasteiger partial charge in [-0.05, 0) is 38.8 Å². The van der Waals surface area contributed by atoms with Crippen LogP contribution in [0.15, 0.2) is 22.7 Å². The summed E-state index contributed by atoms with van der Waals surface area (Å²) in [7, 11) is 0. The number of carbonyl (C=O) groups excluding carboxylic acids is 2. The van der Waals surface area contributed by atoms with Gasteiger partial charge in [-0.15, -0.1) is 0 Å². The van der Waals surface area contributed by atoms with Gasteiger partial charge in [0.1, 0.15) is 0 Å². The van der Waals surface area contributed by atoms with E-state index in [1.807, 2.05) is 13.8 Å². The summed E-state index contributed by atoms with van der Waals surface area (Å²) in [5.41, 5.74) is -0.965. The second-order valence-electron chi connectivity index (χ2n) is 6.47. The van der Waals surface area contributed by atoms with E-state index in [9.17, 15) is 9.59 Å². The third-order valence-electron chi connectivity index (χ3n) is 3.28. The van der Waals surface area contributed by atoms with Crippen molar-refractivity contribution < 1.29 is 14.4 Å². The Bertz CT molecular complexity index is 585. The number of hydroxylamine groups is 2. The molecule has 24 heavy (non-hydrogen) atoms. The quantitative estimate of drug-likeness (QED) is 0.644. The number of Topliss-reactive ketones (excluding diaryl/α,β-unsaturated/α-hetero) is 1. The van der Waals surface area contributed by atoms with Crippen LogP contribution in [0.2, 0.25) is 5.02 Å². The first-order chi connectivity index (χ1) is 11.0. The number of amides is 2. The molecule has 1 aromatic carbocycles. The lowest BCUT2D eigenvalue weighted by Gasteiger charge is -2.29. The maximum atomic E-state index is 12.4. The molecule has 0 bridgehead atoms. The normalized spacial score (nSPS) is 11.3. The van der Waals surface area contributed by atoms with Gasteiger partial charge >= 0.3 is 6.03 Å². The fraction of sp³-hybridized carbons (Fsp3) is 0.529. The molecule has 0 aliphatic heterocycles. The van der Waals surface area contributed by atoms with Crippen LogP contribution in [0, 0.1) is 5.92 Å². The third-order valence-corrected chi connectivity index (χ3v) is 3.95. The number of ketones is 1. The van der Waals surface area contributed by atoms with Crippen molar-refractivity contribution in [2.75, 3.05) is 6.54 Å². The molecule has 1 aromatic rings. The summed E-state index contributed by atoms with van der Waals surface area (Å²) >= 11 is 9.30. The van der Waals surface area contributed by atoms with Crippen LogP contribution in [0.4, 0.5) is 4.79 Å². The molecule has 1 N–H and O–H groups in total. The number of urea groups is 1. The highest BCUT2D eigenvalue weighted by molar-refractivity contribution is 9.10. The number of nitrogens with one attached hydrogen (secondary N) is 1. The lowest BCUT2D eigenvalue weighted by Crippen LogP contribution is -2.55. The zero-order valence-corrected chi connectivity index (χ0v) is 17.0. The number of hydrogen-bond donors (Lipinski definition) is 1. The largest absolute Gasteiger partial charge is 0.375 e. The van der Waals surface area contributed by atoms with E-state index in [2.05, 4.69) is 21.2 Å². The second-order valence-corrected chi connectivity index (χ2v) is 7.82. The molecule has 2 amide bonds. The van der Waals surface area contributed by atoms with E-state index < -0.39 is 11.6 Å². The molecule has 0 aliphatic carbocycles. The average molecular weight is 420 g/mol. The van der Waals surface area contributed by atoms with E-state index in [-0.39, 0.29) is 11.7 Å². The van der Waals surface area contributed by atoms with Crippen molar-refractivity contribution in [3.05, 3.63) is 27.7 Å². The summed E-state index contributed by atoms with van der Waals surface area (Å²) in [6.45, 7) is 9.41. The van der Waals surface area contributed by atoms with Gasteiger partial charge in [-0.1, -0.05) is 41.4 Å². The van der Waals surface area contributed by atoms with Gasteiger partial charge in [0.25, 0.3) is 0 Å². The van der Waals surface area contributed by atoms with Crippen molar-refractivity contribution in [3.63, 3.8) is 0 Å². The smallest absolute Gasteiger partial charge is 0.351 e. The molecular weight excluding hydrogens is 396 g/mol. The molecule has 0 heterocycles. The molecule has 0 fully saturated rings. The predicted molar refractivity (Wildman–Crippen MR) is 99.2 cm³/mol. The van der Waals surface area contributed by atoms with Crippen LogP contribution in [-0.2, 0) is 4.79 Å². The summed E-state index contributed by atoms with van der Waals surface area (Å²) in [6.07, 6.45) is 0.404. The summed E-state index contributed by atoms with van der Waals surface area (Å²) in [6, 6.07) is 4.56. The van der Waals surface area contributed by atoms with Gasteiger partial charge in [0, 0.05) is 22.0 Å². The van der Waals surface area contributed by atoms with Crippen molar-refractivity contribution in [2.45, 2.75) is 46.6 Å². The molecule has 0 aliphatic rings. The number of nitrogens with zero attached hydrogens (tertiary/aromatic N) is 1. The zero-order valence-electron chi connectivity index (χ0n) is 14.7. The molecule has 0 aromatic heterocycles. The third kappa shape index (κ3) is 6.32. The molecular formula is C17H24BrClN2O3. The van der Waals surface area contributed by atoms with Crippen LogP contribution in [0.3, 0.4) is 0 Å². The van der Waals surface area contributed by atoms with E-state index in [4.69, 9.17) is 16.4 Å². The number of rotatable bonds is 7. The van der Waals surface area contributed by atoms with Gasteiger partial charge in [-0.2, -0.15) is 5.06 Å². The number of hydrogen-bond acceptors (Lipinski definition) is 3. The van der Waals surface area contributed by atoms with Crippen molar-refractivity contribution >= 4 is 39.3 Å². The Balaban J connectivity index is 2.80. The van der Waals surface area contributed by atoms with E-state index >= 15 is 0 Å². The highest BCUT2D eigenvalue weighted by Gasteiger charge is 2.31. The van der Waals surface area contributed by atoms with Gasteiger partial charge < -0.3 is 10.2 Å². The summed E-state index contributed by atoms with van der Waals surface area (Å²) in [5.74, 6) is 0.640. The SMILES string of the molecule is CCN(Oc1cc(Cl)cc(Br)c1)C(=O)NC(C)(C)C(=O)CC(C)C. The van der Waals surface area contributed by atoms with E-state index in [0.717, 1.165) is 9.54 Å². The highest BCUT2D eigenvalue weighted by Crippen LogP contribution is 2.25. The van der Waals surface area contributed by atoms with Crippen LogP contribution >= 0.6 is 27.5 Å². The van der Waals surface area contributed by atoms with Gasteiger partial charge in [0.15, 0.2) is 11.5 Å². The molecule has 7 heteroatoms. The predicted octanol–water partition coefficient (Wildman–Crippen LogP) is 4.82. The topological polar surface area (TPSA) is 58.6 Å². The van der Waals surface area contributed by atoms with Gasteiger partial charge in [0.05, 0.1) is 12.1 Å². The zero-order chi connectivity index (χ0) is 18.5. The van der Waals surface area contributed by atoms with Crippen LogP contribution in [-0.4, -0.2) is 29.0 Å². The van der Waals surface area contributed by atoms with E-state index in [0.29, 0.717) is 23.7 Å². The Hall–Kier alpha value is -1.27. The summed E-state index contributed by atoms with van der Waals surface area (Å²) in [4.78, 5) is 30.3. The molecule has 0 spiro atoms. The number of benzene rings is 1. The first-order valence-electron chi connectivity index (χ1n) is 7.82. The van der Waals surface area contributed by atoms with Crippen molar-refractivity contribution in [1.29, 1.82) is 0 Å². The Morgan fingerprint density at radius 1 is 1.33 bits per heavy atom. The summed E-state index contributed by atoms with van der Waals surface area (Å²) < 4.78 is 0.744. The van der Waals surface area contributed by atoms with E-state index in [1.54, 1.807) is 39.0 Å². The molecule has 1 rings (SSSR count). The van der Waals surface area contributed by atoms with Gasteiger partial charge in [-0.25, -0.2) is 4.79 Å². The van der Waals surface area contributed by atoms with Crippen LogP contribution in [0.1, 0.15) is 41.0 Å². The Kier molecular flexibility index (Phi) is 7.55. The minimum absolute atomic E-state index is 0.0209. The molecule has 0 atom stereocenters. The minimum Gasteiger partial charge on any atom is -0.375 e. The monoisotopic (exact) mass is 418 g/mol. The maximum absolute atomic E-state index is 12.4. The first-order valence-corrected chi connectivity index (χ1v) is 8.99. The maximum Gasteiger partial charge on any atom is 0.351 e. The molecule has 5 nitrogen and oxygen atoms in total. The first kappa shape index (κ1) is 20.8. The van der Waals surface area contributed by atoms with Crippen molar-refractivity contribution in [1.82, 2.24) is 10.4 Å². The standard InChI is InChI=1S/C17H24BrClN2O3/c1-6-21(24-14-9-12(18)8-13(19)10-14)16(23)20-17(4,5)15(22)7-11(2)3/h8-11H,6-7H2,1-5H3,(H,20,23). The highest BCUT2D eigenvalue weighted by atomic mass is 79.9. The molecule has 0 unspecified atom stereocenters. The van der Waals surface area contributed by atoms with Gasteiger partial charge in [-0.3, -0.25) is 4.79 Å². The fourth-order valence-corrected chi connectivity index (χ4v) is 2.81. The number of halogens is 2. The second kappa shape index (κ2) is 8.72. The molecule has 0 radical (unpaired) electrons. The van der Waals surface area contributed by atoms with Crippen molar-refractivity contribution in [2.24, 2.45) is 5.92 Å². The lowest BCUT2D eigenvalue weighted by atomic mass is 9.92. The molecule has 0 saturated carbocycles. The van der Waals surface area contributed by atoms with Crippen molar-refractivity contribution in [3.8, 4) is 5.75 Å². The van der Waals surface area contributed by atoms with Gasteiger partial charge in [0.2, 0.25) is 0 Å². The molecule has 134 valence electrons. The van der Waals surface area contributed by atoms with E-state index in [1.165, 1.54) is 0 Å². The lowest BCUT2D eigenvalue weighted by molar-refractivity contribution is -0.125. The Morgan fingerprint density at radius 3 is 2.46 bits per heavy atom. The van der Waals surface area contributed by atoms with Crippen LogP contribution in [0.5, 0.6) is 5.75 Å². The Labute approximate surface area is 156 Å². The minimum atomic E-state index is -0.965. The fourth-order valence-electron chi connectivity index (χ4n) is 1.98. The Morgan fingerprint density at radius 2 is 1.96 bits per heavy atom. The van der Waals surface area contributed by atoms with Crippen LogP contribution in [0.25, 0.3) is 0 Å². The van der Waals surface area contributed by atoms with Crippen LogP contribution < -0.4 is 10.2 Å². The summed E-state index contributed by atoms with van der Waals surface area (Å²) in [5, 5.41) is 4.37. The number of carbonyl (C=O) groups is 2. The molecule has 0 saturated heterocycles.